The molecule has 4 nitrogen and oxygen atoms in total. The molecule has 0 unspecified atom stereocenters. The number of nitrogens with one attached hydrogen (secondary N) is 1. The third kappa shape index (κ3) is 3.28. The van der Waals surface area contributed by atoms with Crippen LogP contribution in [0.4, 0.5) is 0 Å². The summed E-state index contributed by atoms with van der Waals surface area (Å²) in [6.07, 6.45) is 3.84. The smallest absolute Gasteiger partial charge is 0.0948 e. The molecule has 0 spiro atoms. The van der Waals surface area contributed by atoms with E-state index in [-0.39, 0.29) is 12.1 Å². The highest BCUT2D eigenvalue weighted by Crippen LogP contribution is 2.09. The highest BCUT2D eigenvalue weighted by Gasteiger charge is 2.25. The molecular weight excluding hydrogens is 252 g/mol. The van der Waals surface area contributed by atoms with Crippen LogP contribution in [0.5, 0.6) is 0 Å². The largest absolute Gasteiger partial charge is 0.389 e. The summed E-state index contributed by atoms with van der Waals surface area (Å²) >= 11 is 0. The van der Waals surface area contributed by atoms with E-state index in [2.05, 4.69) is 52.6 Å². The van der Waals surface area contributed by atoms with Gasteiger partial charge in [-0.3, -0.25) is 0 Å². The number of nitrogens with zero attached hydrogens (tertiary/aromatic N) is 1. The first-order valence-electron chi connectivity index (χ1n) is 6.99. The third-order valence-corrected chi connectivity index (χ3v) is 3.64. The Hall–Kier alpha value is -1.62. The molecule has 1 saturated heterocycles. The second-order valence-corrected chi connectivity index (χ2v) is 5.27. The molecule has 2 atom stereocenters. The van der Waals surface area contributed by atoms with Crippen LogP contribution in [0.2, 0.25) is 0 Å². The fourth-order valence-electron chi connectivity index (χ4n) is 2.47. The standard InChI is InChI=1S/C16H20N2O2/c19-16-12-20-11-15(16)17-8-14-6-7-18(10-14)9-13-4-2-1-3-5-13/h1-7,10,15-17,19H,8-9,11-12H2/t15-,16+/m0/s1. The maximum absolute atomic E-state index is 9.67. The van der Waals surface area contributed by atoms with E-state index >= 15 is 0 Å². The van der Waals surface area contributed by atoms with E-state index < -0.39 is 0 Å². The Labute approximate surface area is 119 Å². The van der Waals surface area contributed by atoms with Crippen LogP contribution in [0.25, 0.3) is 0 Å². The van der Waals surface area contributed by atoms with E-state index in [1.165, 1.54) is 11.1 Å². The lowest BCUT2D eigenvalue weighted by molar-refractivity contribution is 0.122. The summed E-state index contributed by atoms with van der Waals surface area (Å²) in [5, 5.41) is 13.0. The predicted octanol–water partition coefficient (Wildman–Crippen LogP) is 1.39. The van der Waals surface area contributed by atoms with Crippen LogP contribution < -0.4 is 5.32 Å². The van der Waals surface area contributed by atoms with Gasteiger partial charge in [0.05, 0.1) is 25.4 Å². The van der Waals surface area contributed by atoms with Gasteiger partial charge in [0.15, 0.2) is 0 Å². The Morgan fingerprint density at radius 1 is 1.15 bits per heavy atom. The van der Waals surface area contributed by atoms with Crippen LogP contribution in [0, 0.1) is 0 Å². The van der Waals surface area contributed by atoms with Gasteiger partial charge in [0.1, 0.15) is 0 Å². The van der Waals surface area contributed by atoms with E-state index in [1.807, 2.05) is 6.07 Å². The van der Waals surface area contributed by atoms with Crippen LogP contribution in [0.1, 0.15) is 11.1 Å². The number of aliphatic hydroxyl groups excluding tert-OH is 1. The van der Waals surface area contributed by atoms with Gasteiger partial charge in [-0.2, -0.15) is 0 Å². The maximum atomic E-state index is 9.67. The molecule has 1 aliphatic heterocycles. The lowest BCUT2D eigenvalue weighted by Crippen LogP contribution is -2.38. The number of hydrogen-bond acceptors (Lipinski definition) is 3. The summed E-state index contributed by atoms with van der Waals surface area (Å²) in [6, 6.07) is 12.6. The Bertz CT molecular complexity index is 538. The molecule has 0 radical (unpaired) electrons. The summed E-state index contributed by atoms with van der Waals surface area (Å²) in [6.45, 7) is 2.67. The SMILES string of the molecule is O[C@@H]1COC[C@@H]1NCc1ccn(Cc2ccccc2)c1. The second kappa shape index (κ2) is 6.22. The lowest BCUT2D eigenvalue weighted by Gasteiger charge is -2.13. The number of ether oxygens (including phenoxy) is 1. The van der Waals surface area contributed by atoms with Gasteiger partial charge in [-0.15, -0.1) is 0 Å². The van der Waals surface area contributed by atoms with Crippen molar-refractivity contribution in [2.45, 2.75) is 25.2 Å². The van der Waals surface area contributed by atoms with Crippen molar-refractivity contribution in [2.24, 2.45) is 0 Å². The molecule has 106 valence electrons. The third-order valence-electron chi connectivity index (χ3n) is 3.64. The van der Waals surface area contributed by atoms with Crippen molar-refractivity contribution in [3.8, 4) is 0 Å². The molecule has 4 heteroatoms. The zero-order valence-electron chi connectivity index (χ0n) is 11.4. The summed E-state index contributed by atoms with van der Waals surface area (Å²) in [7, 11) is 0. The van der Waals surface area contributed by atoms with E-state index in [9.17, 15) is 5.11 Å². The Kier molecular flexibility index (Phi) is 4.16. The van der Waals surface area contributed by atoms with Crippen LogP contribution >= 0.6 is 0 Å². The number of aliphatic hydroxyl groups is 1. The van der Waals surface area contributed by atoms with E-state index in [4.69, 9.17) is 4.74 Å². The molecule has 3 rings (SSSR count). The summed E-state index contributed by atoms with van der Waals surface area (Å²) in [5.74, 6) is 0. The number of benzene rings is 1. The lowest BCUT2D eigenvalue weighted by atomic mass is 10.2. The highest BCUT2D eigenvalue weighted by molar-refractivity contribution is 5.17. The van der Waals surface area contributed by atoms with Crippen molar-refractivity contribution < 1.29 is 9.84 Å². The van der Waals surface area contributed by atoms with Crippen molar-refractivity contribution in [3.05, 3.63) is 59.9 Å². The van der Waals surface area contributed by atoms with Crippen molar-refractivity contribution in [3.63, 3.8) is 0 Å². The van der Waals surface area contributed by atoms with Crippen LogP contribution in [0.3, 0.4) is 0 Å². The first-order valence-corrected chi connectivity index (χ1v) is 6.99. The fourth-order valence-corrected chi connectivity index (χ4v) is 2.47. The van der Waals surface area contributed by atoms with Crippen LogP contribution in [-0.4, -0.2) is 35.0 Å². The molecular formula is C16H20N2O2. The van der Waals surface area contributed by atoms with Gasteiger partial charge in [-0.1, -0.05) is 30.3 Å². The molecule has 0 bridgehead atoms. The van der Waals surface area contributed by atoms with Gasteiger partial charge >= 0.3 is 0 Å². The monoisotopic (exact) mass is 272 g/mol. The van der Waals surface area contributed by atoms with Crippen LogP contribution in [-0.2, 0) is 17.8 Å². The highest BCUT2D eigenvalue weighted by atomic mass is 16.5. The van der Waals surface area contributed by atoms with E-state index in [1.54, 1.807) is 0 Å². The molecule has 0 aliphatic carbocycles. The Morgan fingerprint density at radius 3 is 2.75 bits per heavy atom. The van der Waals surface area contributed by atoms with Gasteiger partial charge < -0.3 is 19.7 Å². The van der Waals surface area contributed by atoms with Crippen molar-refractivity contribution >= 4 is 0 Å². The normalized spacial score (nSPS) is 22.2. The fraction of sp³-hybridized carbons (Fsp3) is 0.375. The predicted molar refractivity (Wildman–Crippen MR) is 77.4 cm³/mol. The van der Waals surface area contributed by atoms with Crippen molar-refractivity contribution in [1.82, 2.24) is 9.88 Å². The summed E-state index contributed by atoms with van der Waals surface area (Å²) in [4.78, 5) is 0. The van der Waals surface area contributed by atoms with Crippen molar-refractivity contribution in [1.29, 1.82) is 0 Å². The molecule has 1 fully saturated rings. The molecule has 1 aromatic heterocycles. The minimum Gasteiger partial charge on any atom is -0.389 e. The topological polar surface area (TPSA) is 46.4 Å². The van der Waals surface area contributed by atoms with Gasteiger partial charge in [0, 0.05) is 25.5 Å². The first-order chi connectivity index (χ1) is 9.81. The summed E-state index contributed by atoms with van der Waals surface area (Å²) in [5.41, 5.74) is 2.52. The van der Waals surface area contributed by atoms with Gasteiger partial charge in [-0.25, -0.2) is 0 Å². The minimum atomic E-state index is -0.388. The number of aromatic nitrogens is 1. The molecule has 1 aliphatic rings. The molecule has 2 aromatic rings. The molecule has 0 saturated carbocycles. The minimum absolute atomic E-state index is 0.0486. The molecule has 2 heterocycles. The second-order valence-electron chi connectivity index (χ2n) is 5.27. The van der Waals surface area contributed by atoms with Gasteiger partial charge in [0.25, 0.3) is 0 Å². The van der Waals surface area contributed by atoms with Crippen LogP contribution in [0.15, 0.2) is 48.8 Å². The molecule has 20 heavy (non-hydrogen) atoms. The zero-order chi connectivity index (χ0) is 13.8. The Morgan fingerprint density at radius 2 is 2.00 bits per heavy atom. The van der Waals surface area contributed by atoms with E-state index in [0.29, 0.717) is 13.2 Å². The van der Waals surface area contributed by atoms with Crippen molar-refractivity contribution in [2.75, 3.05) is 13.2 Å². The molecule has 2 N–H and O–H groups in total. The summed E-state index contributed by atoms with van der Waals surface area (Å²) < 4.78 is 7.40. The maximum Gasteiger partial charge on any atom is 0.0948 e. The zero-order valence-corrected chi connectivity index (χ0v) is 11.4. The first kappa shape index (κ1) is 13.4. The number of hydrogen-bond donors (Lipinski definition) is 2. The quantitative estimate of drug-likeness (QED) is 0.864. The van der Waals surface area contributed by atoms with Gasteiger partial charge in [-0.05, 0) is 17.2 Å². The van der Waals surface area contributed by atoms with E-state index in [0.717, 1.165) is 13.1 Å². The Balaban J connectivity index is 1.54. The average Bonchev–Trinajstić information content (AvgIpc) is 3.07. The van der Waals surface area contributed by atoms with Gasteiger partial charge in [0.2, 0.25) is 0 Å². The number of rotatable bonds is 5. The molecule has 0 amide bonds. The molecule has 1 aromatic carbocycles. The average molecular weight is 272 g/mol.